The summed E-state index contributed by atoms with van der Waals surface area (Å²) in [7, 11) is 3.21. The van der Waals surface area contributed by atoms with Crippen molar-refractivity contribution in [3.8, 4) is 11.5 Å². The van der Waals surface area contributed by atoms with Crippen LogP contribution < -0.4 is 14.4 Å². The van der Waals surface area contributed by atoms with E-state index in [2.05, 4.69) is 0 Å². The lowest BCUT2D eigenvalue weighted by Crippen LogP contribution is -3.12. The molecule has 0 saturated carbocycles. The molecule has 8 heteroatoms. The molecule has 2 heterocycles. The molecule has 2 aliphatic heterocycles. The van der Waals surface area contributed by atoms with Crippen molar-refractivity contribution in [2.45, 2.75) is 25.8 Å². The van der Waals surface area contributed by atoms with Gasteiger partial charge in [0, 0.05) is 25.5 Å². The van der Waals surface area contributed by atoms with Crippen LogP contribution in [0.25, 0.3) is 0 Å². The first-order valence-electron chi connectivity index (χ1n) is 8.75. The first-order chi connectivity index (χ1) is 12.5. The van der Waals surface area contributed by atoms with Crippen molar-refractivity contribution in [3.05, 3.63) is 23.8 Å². The van der Waals surface area contributed by atoms with Gasteiger partial charge >= 0.3 is 17.8 Å². The summed E-state index contributed by atoms with van der Waals surface area (Å²) in [6.07, 6.45) is 1.89. The van der Waals surface area contributed by atoms with Crippen LogP contribution in [0, 0.1) is 0 Å². The Morgan fingerprint density at radius 1 is 1.12 bits per heavy atom. The smallest absolute Gasteiger partial charge is 0.338 e. The van der Waals surface area contributed by atoms with Crippen LogP contribution in [-0.2, 0) is 9.59 Å². The van der Waals surface area contributed by atoms with E-state index in [9.17, 15) is 14.4 Å². The molecule has 1 aromatic carbocycles. The summed E-state index contributed by atoms with van der Waals surface area (Å²) in [5.74, 6) is -0.0512. The Balaban J connectivity index is 1.82. The number of nitrogens with zero attached hydrogens (tertiary/aromatic N) is 2. The molecule has 1 N–H and O–H groups in total. The normalized spacial score (nSPS) is 23.1. The number of amides is 4. The predicted molar refractivity (Wildman–Crippen MR) is 91.8 cm³/mol. The number of hydrogen-bond acceptors (Lipinski definition) is 5. The molecule has 8 nitrogen and oxygen atoms in total. The maximum atomic E-state index is 12.4. The number of benzene rings is 1. The van der Waals surface area contributed by atoms with Crippen molar-refractivity contribution in [1.29, 1.82) is 0 Å². The third-order valence-electron chi connectivity index (χ3n) is 5.11. The minimum atomic E-state index is -0.741. The van der Waals surface area contributed by atoms with Crippen molar-refractivity contribution >= 4 is 17.8 Å². The predicted octanol–water partition coefficient (Wildman–Crippen LogP) is 0.192. The molecule has 26 heavy (non-hydrogen) atoms. The highest BCUT2D eigenvalue weighted by atomic mass is 16.5. The highest BCUT2D eigenvalue weighted by Crippen LogP contribution is 2.31. The van der Waals surface area contributed by atoms with E-state index in [1.807, 2.05) is 18.2 Å². The number of ether oxygens (including phenoxy) is 2. The van der Waals surface area contributed by atoms with Gasteiger partial charge in [0.1, 0.15) is 17.5 Å². The van der Waals surface area contributed by atoms with Crippen LogP contribution in [0.5, 0.6) is 11.5 Å². The van der Waals surface area contributed by atoms with E-state index in [0.29, 0.717) is 5.75 Å². The van der Waals surface area contributed by atoms with Gasteiger partial charge in [0.2, 0.25) is 0 Å². The molecule has 0 aliphatic carbocycles. The van der Waals surface area contributed by atoms with E-state index in [0.717, 1.165) is 45.4 Å². The van der Waals surface area contributed by atoms with E-state index in [1.165, 1.54) is 0 Å². The molecule has 3 rings (SSSR count). The number of quaternary nitrogens is 1. The lowest BCUT2D eigenvalue weighted by molar-refractivity contribution is -0.925. The standard InChI is InChI=1S/C18H23N3O5/c1-4-20-16(22)17(23)21(18(20)24)11-19-9-5-6-14(19)13-8-7-12(25-2)10-15(13)26-3/h7-8,10,14H,4-6,9,11H2,1-3H3/p+1/t14-/m0/s1. The highest BCUT2D eigenvalue weighted by molar-refractivity contribution is 6.44. The molecule has 4 amide bonds. The lowest BCUT2D eigenvalue weighted by atomic mass is 10.0. The third kappa shape index (κ3) is 3.01. The first-order valence-corrected chi connectivity index (χ1v) is 8.75. The van der Waals surface area contributed by atoms with Crippen LogP contribution >= 0.6 is 0 Å². The Labute approximate surface area is 152 Å². The third-order valence-corrected chi connectivity index (χ3v) is 5.11. The monoisotopic (exact) mass is 362 g/mol. The second kappa shape index (κ2) is 7.33. The molecular formula is C18H24N3O5+. The molecule has 140 valence electrons. The van der Waals surface area contributed by atoms with Crippen LogP contribution in [0.2, 0.25) is 0 Å². The van der Waals surface area contributed by atoms with Gasteiger partial charge in [-0.3, -0.25) is 14.5 Å². The number of urea groups is 1. The Morgan fingerprint density at radius 2 is 1.85 bits per heavy atom. The van der Waals surface area contributed by atoms with Crippen LogP contribution in [0.3, 0.4) is 0 Å². The summed E-state index contributed by atoms with van der Waals surface area (Å²) >= 11 is 0. The topological polar surface area (TPSA) is 80.6 Å². The summed E-state index contributed by atoms with van der Waals surface area (Å²) in [6, 6.07) is 5.23. The number of nitrogens with one attached hydrogen (secondary N) is 1. The minimum Gasteiger partial charge on any atom is -0.497 e. The Kier molecular flexibility index (Phi) is 5.13. The summed E-state index contributed by atoms with van der Waals surface area (Å²) in [4.78, 5) is 39.6. The molecular weight excluding hydrogens is 338 g/mol. The van der Waals surface area contributed by atoms with Crippen LogP contribution in [-0.4, -0.2) is 61.6 Å². The van der Waals surface area contributed by atoms with Gasteiger partial charge in [0.15, 0.2) is 6.67 Å². The molecule has 1 unspecified atom stereocenters. The number of likely N-dealkylation sites (N-methyl/N-ethyl adjacent to an activating group) is 1. The molecule has 0 spiro atoms. The fourth-order valence-electron chi connectivity index (χ4n) is 3.75. The molecule has 2 aliphatic rings. The maximum absolute atomic E-state index is 12.4. The first kappa shape index (κ1) is 18.2. The van der Waals surface area contributed by atoms with Crippen LogP contribution in [0.4, 0.5) is 4.79 Å². The van der Waals surface area contributed by atoms with Crippen molar-refractivity contribution < 1.29 is 28.8 Å². The van der Waals surface area contributed by atoms with Crippen LogP contribution in [0.15, 0.2) is 18.2 Å². The van der Waals surface area contributed by atoms with Gasteiger partial charge in [0.05, 0.1) is 26.3 Å². The van der Waals surface area contributed by atoms with E-state index in [-0.39, 0.29) is 19.3 Å². The average molecular weight is 362 g/mol. The zero-order chi connectivity index (χ0) is 18.8. The number of hydrogen-bond donors (Lipinski definition) is 1. The number of carbonyl (C=O) groups is 3. The number of carbonyl (C=O) groups excluding carboxylic acids is 3. The van der Waals surface area contributed by atoms with Gasteiger partial charge in [-0.1, -0.05) is 0 Å². The van der Waals surface area contributed by atoms with E-state index >= 15 is 0 Å². The van der Waals surface area contributed by atoms with Crippen molar-refractivity contribution in [3.63, 3.8) is 0 Å². The fourth-order valence-corrected chi connectivity index (χ4v) is 3.75. The zero-order valence-electron chi connectivity index (χ0n) is 15.3. The maximum Gasteiger partial charge on any atom is 0.338 e. The zero-order valence-corrected chi connectivity index (χ0v) is 15.3. The second-order valence-corrected chi connectivity index (χ2v) is 6.43. The Morgan fingerprint density at radius 3 is 2.46 bits per heavy atom. The summed E-state index contributed by atoms with van der Waals surface area (Å²) < 4.78 is 10.8. The van der Waals surface area contributed by atoms with E-state index < -0.39 is 17.8 Å². The number of methoxy groups -OCH3 is 2. The number of likely N-dealkylation sites (tertiary alicyclic amines) is 1. The summed E-state index contributed by atoms with van der Waals surface area (Å²) in [6.45, 7) is 2.88. The highest BCUT2D eigenvalue weighted by Gasteiger charge is 2.47. The van der Waals surface area contributed by atoms with Gasteiger partial charge in [-0.25, -0.2) is 9.69 Å². The van der Waals surface area contributed by atoms with Gasteiger partial charge < -0.3 is 14.4 Å². The fraction of sp³-hybridized carbons (Fsp3) is 0.500. The lowest BCUT2D eigenvalue weighted by Gasteiger charge is -2.26. The van der Waals surface area contributed by atoms with Gasteiger partial charge in [0.25, 0.3) is 0 Å². The van der Waals surface area contributed by atoms with E-state index in [4.69, 9.17) is 9.47 Å². The average Bonchev–Trinajstić information content (AvgIpc) is 3.20. The van der Waals surface area contributed by atoms with E-state index in [1.54, 1.807) is 21.1 Å². The second-order valence-electron chi connectivity index (χ2n) is 6.43. The molecule has 0 aromatic heterocycles. The Bertz CT molecular complexity index is 736. The molecule has 1 aromatic rings. The van der Waals surface area contributed by atoms with Gasteiger partial charge in [-0.05, 0) is 19.1 Å². The molecule has 2 saturated heterocycles. The number of rotatable bonds is 6. The van der Waals surface area contributed by atoms with Gasteiger partial charge in [-0.15, -0.1) is 0 Å². The largest absolute Gasteiger partial charge is 0.497 e. The molecule has 0 radical (unpaired) electrons. The summed E-state index contributed by atoms with van der Waals surface area (Å²) in [5, 5.41) is 0. The Hall–Kier alpha value is -2.61. The van der Waals surface area contributed by atoms with Gasteiger partial charge in [-0.2, -0.15) is 0 Å². The molecule has 0 bridgehead atoms. The number of imide groups is 2. The molecule has 2 fully saturated rings. The quantitative estimate of drug-likeness (QED) is 0.577. The van der Waals surface area contributed by atoms with Crippen molar-refractivity contribution in [2.24, 2.45) is 0 Å². The van der Waals surface area contributed by atoms with Crippen molar-refractivity contribution in [2.75, 3.05) is 34.0 Å². The minimum absolute atomic E-state index is 0.0854. The SMILES string of the molecule is CCN1C(=O)C(=O)N(C[NH+]2CCC[C@H]2c2ccc(OC)cc2OC)C1=O. The van der Waals surface area contributed by atoms with Crippen molar-refractivity contribution in [1.82, 2.24) is 9.80 Å². The van der Waals surface area contributed by atoms with Crippen LogP contribution in [0.1, 0.15) is 31.4 Å². The summed E-state index contributed by atoms with van der Waals surface area (Å²) in [5.41, 5.74) is 1.01. The molecule has 2 atom stereocenters.